The lowest BCUT2D eigenvalue weighted by Gasteiger charge is -2.20. The second kappa shape index (κ2) is 18.1. The van der Waals surface area contributed by atoms with Crippen LogP contribution in [-0.4, -0.2) is 28.0 Å². The van der Waals surface area contributed by atoms with Crippen LogP contribution < -0.4 is 15.2 Å². The molecule has 0 bridgehead atoms. The van der Waals surface area contributed by atoms with Crippen LogP contribution in [-0.2, 0) is 49.3 Å². The number of nitrogens with one attached hydrogen (secondary N) is 2. The molecule has 0 saturated carbocycles. The zero-order valence-electron chi connectivity index (χ0n) is 27.1. The zero-order chi connectivity index (χ0) is 33.5. The predicted octanol–water partition coefficient (Wildman–Crippen LogP) is 7.04. The summed E-state index contributed by atoms with van der Waals surface area (Å²) < 4.78 is 36.3. The molecule has 4 rings (SSSR count). The summed E-state index contributed by atoms with van der Waals surface area (Å²) in [5, 5.41) is 9.61. The largest absolute Gasteiger partial charge is 0.530 e. The van der Waals surface area contributed by atoms with Crippen molar-refractivity contribution >= 4 is 19.6 Å². The minimum Gasteiger partial charge on any atom is -0.404 e. The molecule has 0 aliphatic rings. The molecule has 0 aliphatic heterocycles. The molecule has 1 heterocycles. The third-order valence-electron chi connectivity index (χ3n) is 7.21. The molecule has 2 atom stereocenters. The van der Waals surface area contributed by atoms with Gasteiger partial charge in [0.1, 0.15) is 17.8 Å². The Morgan fingerprint density at radius 3 is 2.02 bits per heavy atom. The van der Waals surface area contributed by atoms with Crippen LogP contribution in [0.25, 0.3) is 0 Å². The van der Waals surface area contributed by atoms with E-state index < -0.39 is 25.8 Å². The Kier molecular flexibility index (Phi) is 13.7. The lowest BCUT2D eigenvalue weighted by Crippen LogP contribution is -2.48. The van der Waals surface area contributed by atoms with Crippen molar-refractivity contribution in [3.05, 3.63) is 113 Å². The maximum atomic E-state index is 13.7. The Hall–Kier alpha value is -4.31. The fourth-order valence-electron chi connectivity index (χ4n) is 4.68. The van der Waals surface area contributed by atoms with Gasteiger partial charge in [0.15, 0.2) is 5.82 Å². The highest BCUT2D eigenvalue weighted by molar-refractivity contribution is 7.48. The molecule has 47 heavy (non-hydrogen) atoms. The topological polar surface area (TPSA) is 142 Å². The summed E-state index contributed by atoms with van der Waals surface area (Å²) in [6.07, 6.45) is 5.28. The van der Waals surface area contributed by atoms with Crippen molar-refractivity contribution in [1.82, 2.24) is 20.8 Å². The number of rotatable bonds is 19. The normalized spacial score (nSPS) is 12.7. The summed E-state index contributed by atoms with van der Waals surface area (Å²) in [5.74, 6) is 0.425. The first-order chi connectivity index (χ1) is 22.7. The molecule has 0 fully saturated rings. The summed E-state index contributed by atoms with van der Waals surface area (Å²) in [5.41, 5.74) is 2.36. The van der Waals surface area contributed by atoms with Crippen LogP contribution in [0.4, 0.5) is 0 Å². The summed E-state index contributed by atoms with van der Waals surface area (Å²) in [7, 11) is -4.04. The Morgan fingerprint density at radius 1 is 0.830 bits per heavy atom. The van der Waals surface area contributed by atoms with Crippen molar-refractivity contribution in [2.24, 2.45) is 0 Å². The van der Waals surface area contributed by atoms with E-state index in [1.165, 1.54) is 6.92 Å². The number of phosphoric ester groups is 1. The number of carbonyl (C=O) groups excluding carboxylic acids is 2. The lowest BCUT2D eigenvalue weighted by molar-refractivity contribution is -0.128. The van der Waals surface area contributed by atoms with Crippen LogP contribution in [0, 0.1) is 0 Å². The molecule has 12 heteroatoms. The molecule has 4 aromatic rings. The fourth-order valence-corrected chi connectivity index (χ4v) is 5.86. The van der Waals surface area contributed by atoms with Crippen LogP contribution in [0.3, 0.4) is 0 Å². The standard InChI is InChI=1S/C35H43N4O7P/c1-4-5-6-13-18-33-38-35(45-39-33)26(2)36-34(41)32(37-27(3)40)23-28-19-21-31(22-20-28)46-47(42,43-24-29-14-9-7-10-15-29)44-25-30-16-11-8-12-17-30/h7-12,14-17,19-22,26,32H,4-6,13,18,23-25H2,1-3H3,(H,36,41)(H,37,40)/t26-,32-/m0/s1. The van der Waals surface area contributed by atoms with Gasteiger partial charge in [-0.1, -0.05) is 104 Å². The van der Waals surface area contributed by atoms with Crippen LogP contribution in [0.5, 0.6) is 5.75 Å². The van der Waals surface area contributed by atoms with E-state index >= 15 is 0 Å². The molecule has 250 valence electrons. The van der Waals surface area contributed by atoms with Gasteiger partial charge in [-0.2, -0.15) is 4.98 Å². The molecular formula is C35H43N4O7P. The second-order valence-electron chi connectivity index (χ2n) is 11.2. The summed E-state index contributed by atoms with van der Waals surface area (Å²) in [6.45, 7) is 5.32. The van der Waals surface area contributed by atoms with Gasteiger partial charge >= 0.3 is 7.82 Å². The van der Waals surface area contributed by atoms with Gasteiger partial charge in [-0.3, -0.25) is 18.6 Å². The van der Waals surface area contributed by atoms with E-state index in [0.717, 1.165) is 42.4 Å². The van der Waals surface area contributed by atoms with Crippen molar-refractivity contribution in [3.8, 4) is 5.75 Å². The maximum absolute atomic E-state index is 13.7. The van der Waals surface area contributed by atoms with E-state index in [4.69, 9.17) is 18.1 Å². The number of aromatic nitrogens is 2. The van der Waals surface area contributed by atoms with Crippen molar-refractivity contribution in [1.29, 1.82) is 0 Å². The molecule has 0 radical (unpaired) electrons. The number of benzene rings is 3. The van der Waals surface area contributed by atoms with Crippen molar-refractivity contribution < 1.29 is 32.2 Å². The molecule has 0 spiro atoms. The maximum Gasteiger partial charge on any atom is 0.530 e. The van der Waals surface area contributed by atoms with Gasteiger partial charge in [0.05, 0.1) is 13.2 Å². The number of amides is 2. The first-order valence-corrected chi connectivity index (χ1v) is 17.3. The van der Waals surface area contributed by atoms with E-state index in [1.54, 1.807) is 31.2 Å². The molecule has 0 aliphatic carbocycles. The first-order valence-electron chi connectivity index (χ1n) is 15.9. The summed E-state index contributed by atoms with van der Waals surface area (Å²) >= 11 is 0. The van der Waals surface area contributed by atoms with Crippen molar-refractivity contribution in [3.63, 3.8) is 0 Å². The van der Waals surface area contributed by atoms with Gasteiger partial charge in [-0.25, -0.2) is 4.57 Å². The highest BCUT2D eigenvalue weighted by Gasteiger charge is 2.30. The minimum atomic E-state index is -4.04. The second-order valence-corrected chi connectivity index (χ2v) is 12.8. The van der Waals surface area contributed by atoms with E-state index in [1.807, 2.05) is 60.7 Å². The number of unbranched alkanes of at least 4 members (excludes halogenated alkanes) is 3. The fraction of sp³-hybridized carbons (Fsp3) is 0.371. The lowest BCUT2D eigenvalue weighted by atomic mass is 10.0. The summed E-state index contributed by atoms with van der Waals surface area (Å²) in [4.78, 5) is 29.7. The van der Waals surface area contributed by atoms with Gasteiger partial charge < -0.3 is 19.7 Å². The van der Waals surface area contributed by atoms with E-state index in [9.17, 15) is 14.2 Å². The van der Waals surface area contributed by atoms with Gasteiger partial charge in [0, 0.05) is 19.8 Å². The molecule has 0 saturated heterocycles. The Balaban J connectivity index is 1.38. The number of nitrogens with zero attached hydrogens (tertiary/aromatic N) is 2. The van der Waals surface area contributed by atoms with Crippen LogP contribution in [0.2, 0.25) is 0 Å². The Morgan fingerprint density at radius 2 is 1.45 bits per heavy atom. The number of hydrogen-bond acceptors (Lipinski definition) is 9. The summed E-state index contributed by atoms with van der Waals surface area (Å²) in [6, 6.07) is 23.9. The molecule has 1 aromatic heterocycles. The number of phosphoric acid groups is 1. The van der Waals surface area contributed by atoms with Crippen LogP contribution >= 0.6 is 7.82 Å². The van der Waals surface area contributed by atoms with Crippen molar-refractivity contribution in [2.75, 3.05) is 0 Å². The predicted molar refractivity (Wildman–Crippen MR) is 177 cm³/mol. The first kappa shape index (κ1) is 35.5. The van der Waals surface area contributed by atoms with E-state index in [-0.39, 0.29) is 31.3 Å². The van der Waals surface area contributed by atoms with E-state index in [2.05, 4.69) is 27.7 Å². The van der Waals surface area contributed by atoms with Gasteiger partial charge in [0.2, 0.25) is 17.7 Å². The third kappa shape index (κ3) is 12.1. The highest BCUT2D eigenvalue weighted by Crippen LogP contribution is 2.51. The Bertz CT molecular complexity index is 1530. The van der Waals surface area contributed by atoms with Crippen molar-refractivity contribution in [2.45, 2.75) is 84.6 Å². The van der Waals surface area contributed by atoms with Gasteiger partial charge in [-0.05, 0) is 42.2 Å². The monoisotopic (exact) mass is 662 g/mol. The van der Waals surface area contributed by atoms with Gasteiger partial charge in [-0.15, -0.1) is 0 Å². The quantitative estimate of drug-likeness (QED) is 0.0799. The minimum absolute atomic E-state index is 0.0286. The molecule has 11 nitrogen and oxygen atoms in total. The molecule has 0 unspecified atom stereocenters. The average Bonchev–Trinajstić information content (AvgIpc) is 3.56. The molecule has 3 aromatic carbocycles. The molecular weight excluding hydrogens is 619 g/mol. The smallest absolute Gasteiger partial charge is 0.404 e. The highest BCUT2D eigenvalue weighted by atomic mass is 31.2. The van der Waals surface area contributed by atoms with Gasteiger partial charge in [0.25, 0.3) is 0 Å². The zero-order valence-corrected chi connectivity index (χ0v) is 28.0. The van der Waals surface area contributed by atoms with E-state index in [0.29, 0.717) is 18.1 Å². The average molecular weight is 663 g/mol. The Labute approximate surface area is 276 Å². The van der Waals surface area contributed by atoms with Crippen LogP contribution in [0.1, 0.15) is 80.9 Å². The SMILES string of the molecule is CCCCCCc1noc([C@H](C)NC(=O)[C@H](Cc2ccc(OP(=O)(OCc3ccccc3)OCc3ccccc3)cc2)NC(C)=O)n1. The number of aryl methyl sites for hydroxylation is 1. The molecule has 2 amide bonds. The number of hydrogen-bond donors (Lipinski definition) is 2. The molecule has 2 N–H and O–H groups in total. The third-order valence-corrected chi connectivity index (χ3v) is 8.53. The van der Waals surface area contributed by atoms with Crippen LogP contribution in [0.15, 0.2) is 89.5 Å². The number of carbonyl (C=O) groups is 2.